The van der Waals surface area contributed by atoms with E-state index in [2.05, 4.69) is 4.90 Å². The lowest BCUT2D eigenvalue weighted by molar-refractivity contribution is 0.0677. The molecule has 2 aliphatic rings. The van der Waals surface area contributed by atoms with Crippen molar-refractivity contribution in [1.82, 2.24) is 4.90 Å². The lowest BCUT2D eigenvalue weighted by Crippen LogP contribution is -2.48. The standard InChI is InChI=1S/C22H26N2O4/c25-21-9-2-1-8-20(21)23-10-12-24(13-11-23)22(26)17-5-3-6-18(15-17)28-16-19-7-4-14-27-19/h1-3,5-6,8-9,15,19,25H,4,7,10-14,16H2/t19-/m1/s1. The van der Waals surface area contributed by atoms with Crippen LogP contribution in [0.1, 0.15) is 23.2 Å². The van der Waals surface area contributed by atoms with E-state index in [1.165, 1.54) is 0 Å². The maximum Gasteiger partial charge on any atom is 0.254 e. The number of ether oxygens (including phenoxy) is 2. The van der Waals surface area contributed by atoms with E-state index in [0.29, 0.717) is 44.1 Å². The van der Waals surface area contributed by atoms with E-state index in [9.17, 15) is 9.90 Å². The zero-order valence-electron chi connectivity index (χ0n) is 15.9. The number of hydrogen-bond donors (Lipinski definition) is 1. The summed E-state index contributed by atoms with van der Waals surface area (Å²) < 4.78 is 11.4. The van der Waals surface area contributed by atoms with Gasteiger partial charge in [0.2, 0.25) is 0 Å². The first-order chi connectivity index (χ1) is 13.7. The third-order valence-electron chi connectivity index (χ3n) is 5.33. The van der Waals surface area contributed by atoms with E-state index in [0.717, 1.165) is 25.1 Å². The summed E-state index contributed by atoms with van der Waals surface area (Å²) in [5.74, 6) is 0.993. The number of piperazine rings is 1. The number of para-hydroxylation sites is 2. The minimum Gasteiger partial charge on any atom is -0.506 e. The van der Waals surface area contributed by atoms with Crippen molar-refractivity contribution in [2.24, 2.45) is 0 Å². The monoisotopic (exact) mass is 382 g/mol. The fourth-order valence-corrected chi connectivity index (χ4v) is 3.75. The molecule has 0 bridgehead atoms. The SMILES string of the molecule is O=C(c1cccc(OC[C@H]2CCCO2)c1)N1CCN(c2ccccc2O)CC1. The molecule has 1 atom stereocenters. The fourth-order valence-electron chi connectivity index (χ4n) is 3.75. The van der Waals surface area contributed by atoms with Gasteiger partial charge in [0.15, 0.2) is 0 Å². The second kappa shape index (κ2) is 8.52. The zero-order valence-corrected chi connectivity index (χ0v) is 15.9. The number of hydrogen-bond acceptors (Lipinski definition) is 5. The van der Waals surface area contributed by atoms with Gasteiger partial charge in [-0.25, -0.2) is 0 Å². The van der Waals surface area contributed by atoms with Gasteiger partial charge in [0.25, 0.3) is 5.91 Å². The molecule has 0 radical (unpaired) electrons. The van der Waals surface area contributed by atoms with Gasteiger partial charge in [-0.1, -0.05) is 18.2 Å². The van der Waals surface area contributed by atoms with Gasteiger partial charge >= 0.3 is 0 Å². The molecule has 6 nitrogen and oxygen atoms in total. The summed E-state index contributed by atoms with van der Waals surface area (Å²) in [5, 5.41) is 10.0. The van der Waals surface area contributed by atoms with Crippen molar-refractivity contribution in [1.29, 1.82) is 0 Å². The van der Waals surface area contributed by atoms with Crippen LogP contribution in [0, 0.1) is 0 Å². The highest BCUT2D eigenvalue weighted by molar-refractivity contribution is 5.94. The van der Waals surface area contributed by atoms with Crippen LogP contribution in [0.5, 0.6) is 11.5 Å². The molecule has 148 valence electrons. The Hall–Kier alpha value is -2.73. The minimum atomic E-state index is 0.0134. The molecule has 2 saturated heterocycles. The molecule has 0 aromatic heterocycles. The van der Waals surface area contributed by atoms with Crippen LogP contribution in [-0.2, 0) is 4.74 Å². The Kier molecular flexibility index (Phi) is 5.67. The van der Waals surface area contributed by atoms with Crippen molar-refractivity contribution < 1.29 is 19.4 Å². The highest BCUT2D eigenvalue weighted by Crippen LogP contribution is 2.27. The number of aromatic hydroxyl groups is 1. The number of amides is 1. The molecule has 2 heterocycles. The minimum absolute atomic E-state index is 0.0134. The van der Waals surface area contributed by atoms with E-state index in [1.54, 1.807) is 6.07 Å². The number of benzene rings is 2. The number of anilines is 1. The highest BCUT2D eigenvalue weighted by Gasteiger charge is 2.24. The van der Waals surface area contributed by atoms with Crippen LogP contribution < -0.4 is 9.64 Å². The van der Waals surface area contributed by atoms with Crippen molar-refractivity contribution in [3.63, 3.8) is 0 Å². The Morgan fingerprint density at radius 3 is 2.68 bits per heavy atom. The van der Waals surface area contributed by atoms with E-state index >= 15 is 0 Å². The average molecular weight is 382 g/mol. The van der Waals surface area contributed by atoms with E-state index in [4.69, 9.17) is 9.47 Å². The molecule has 2 aliphatic heterocycles. The third-order valence-corrected chi connectivity index (χ3v) is 5.33. The molecule has 6 heteroatoms. The number of carbonyl (C=O) groups is 1. The maximum atomic E-state index is 12.9. The van der Waals surface area contributed by atoms with Crippen LogP contribution in [0.4, 0.5) is 5.69 Å². The molecule has 2 fully saturated rings. The van der Waals surface area contributed by atoms with Crippen LogP contribution in [0.15, 0.2) is 48.5 Å². The van der Waals surface area contributed by atoms with Crippen LogP contribution >= 0.6 is 0 Å². The molecule has 0 unspecified atom stereocenters. The summed E-state index contributed by atoms with van der Waals surface area (Å²) in [5.41, 5.74) is 1.46. The first-order valence-corrected chi connectivity index (χ1v) is 9.87. The number of rotatable bonds is 5. The van der Waals surface area contributed by atoms with Gasteiger partial charge in [0.05, 0.1) is 11.8 Å². The van der Waals surface area contributed by atoms with Crippen molar-refractivity contribution in [2.75, 3.05) is 44.3 Å². The lowest BCUT2D eigenvalue weighted by atomic mass is 10.1. The Morgan fingerprint density at radius 1 is 1.11 bits per heavy atom. The second-order valence-corrected chi connectivity index (χ2v) is 7.24. The van der Waals surface area contributed by atoms with Gasteiger partial charge in [-0.05, 0) is 43.2 Å². The number of carbonyl (C=O) groups excluding carboxylic acids is 1. The third kappa shape index (κ3) is 4.22. The second-order valence-electron chi connectivity index (χ2n) is 7.24. The number of nitrogens with zero attached hydrogens (tertiary/aromatic N) is 2. The molecule has 28 heavy (non-hydrogen) atoms. The number of phenols is 1. The Balaban J connectivity index is 1.34. The Morgan fingerprint density at radius 2 is 1.93 bits per heavy atom. The van der Waals surface area contributed by atoms with Gasteiger partial charge < -0.3 is 24.4 Å². The van der Waals surface area contributed by atoms with Crippen molar-refractivity contribution >= 4 is 11.6 Å². The van der Waals surface area contributed by atoms with Gasteiger partial charge in [-0.2, -0.15) is 0 Å². The van der Waals surface area contributed by atoms with Gasteiger partial charge in [-0.3, -0.25) is 4.79 Å². The summed E-state index contributed by atoms with van der Waals surface area (Å²) in [7, 11) is 0. The summed E-state index contributed by atoms with van der Waals surface area (Å²) in [6, 6.07) is 14.7. The predicted octanol–water partition coefficient (Wildman–Crippen LogP) is 2.91. The van der Waals surface area contributed by atoms with E-state index < -0.39 is 0 Å². The molecule has 0 spiro atoms. The van der Waals surface area contributed by atoms with E-state index in [1.807, 2.05) is 47.4 Å². The Bertz CT molecular complexity index is 812. The molecule has 0 saturated carbocycles. The molecular formula is C22H26N2O4. The predicted molar refractivity (Wildman–Crippen MR) is 107 cm³/mol. The fraction of sp³-hybridized carbons (Fsp3) is 0.409. The van der Waals surface area contributed by atoms with Crippen LogP contribution in [-0.4, -0.2) is 61.4 Å². The number of phenolic OH excluding ortho intramolecular Hbond substituents is 1. The van der Waals surface area contributed by atoms with Gasteiger partial charge in [0, 0.05) is 38.3 Å². The average Bonchev–Trinajstić information content (AvgIpc) is 3.26. The normalized spacial score (nSPS) is 19.6. The molecule has 2 aromatic rings. The molecule has 2 aromatic carbocycles. The summed E-state index contributed by atoms with van der Waals surface area (Å²) in [6.45, 7) is 3.95. The summed E-state index contributed by atoms with van der Waals surface area (Å²) >= 11 is 0. The first kappa shape index (κ1) is 18.6. The topological polar surface area (TPSA) is 62.2 Å². The van der Waals surface area contributed by atoms with Gasteiger partial charge in [-0.15, -0.1) is 0 Å². The summed E-state index contributed by atoms with van der Waals surface area (Å²) in [6.07, 6.45) is 2.26. The molecule has 0 aliphatic carbocycles. The summed E-state index contributed by atoms with van der Waals surface area (Å²) in [4.78, 5) is 16.9. The van der Waals surface area contributed by atoms with Crippen molar-refractivity contribution in [3.8, 4) is 11.5 Å². The molecule has 4 rings (SSSR count). The van der Waals surface area contributed by atoms with Crippen LogP contribution in [0.25, 0.3) is 0 Å². The van der Waals surface area contributed by atoms with E-state index in [-0.39, 0.29) is 17.8 Å². The van der Waals surface area contributed by atoms with Gasteiger partial charge in [0.1, 0.15) is 18.1 Å². The molecule has 1 N–H and O–H groups in total. The first-order valence-electron chi connectivity index (χ1n) is 9.87. The quantitative estimate of drug-likeness (QED) is 0.862. The van der Waals surface area contributed by atoms with Crippen molar-refractivity contribution in [2.45, 2.75) is 18.9 Å². The maximum absolute atomic E-state index is 12.9. The van der Waals surface area contributed by atoms with Crippen LogP contribution in [0.2, 0.25) is 0 Å². The van der Waals surface area contributed by atoms with Crippen LogP contribution in [0.3, 0.4) is 0 Å². The highest BCUT2D eigenvalue weighted by atomic mass is 16.5. The molecule has 1 amide bonds. The molecular weight excluding hydrogens is 356 g/mol. The largest absolute Gasteiger partial charge is 0.506 e. The lowest BCUT2D eigenvalue weighted by Gasteiger charge is -2.36. The zero-order chi connectivity index (χ0) is 19.3. The Labute approximate surface area is 165 Å². The van der Waals surface area contributed by atoms with Crippen molar-refractivity contribution in [3.05, 3.63) is 54.1 Å². The smallest absolute Gasteiger partial charge is 0.254 e.